The van der Waals surface area contributed by atoms with Crippen molar-refractivity contribution in [1.29, 1.82) is 0 Å². The lowest BCUT2D eigenvalue weighted by atomic mass is 9.93. The average Bonchev–Trinajstić information content (AvgIpc) is 2.58. The maximum Gasteiger partial charge on any atom is 0.226 e. The van der Waals surface area contributed by atoms with Crippen LogP contribution in [0.1, 0.15) is 30.5 Å². The number of fused-ring (bicyclic) bond motifs is 1. The number of halogens is 2. The molecule has 25 heavy (non-hydrogen) atoms. The topological polar surface area (TPSA) is 49.4 Å². The third kappa shape index (κ3) is 3.42. The normalized spacial score (nSPS) is 15.6. The Bertz CT molecular complexity index is 844. The van der Waals surface area contributed by atoms with Crippen LogP contribution < -0.4 is 5.32 Å². The number of nitrogens with one attached hydrogen (secondary N) is 1. The van der Waals surface area contributed by atoms with Gasteiger partial charge in [0.15, 0.2) is 0 Å². The Labute approximate surface area is 143 Å². The molecule has 3 rings (SSSR count). The number of hydrogen-bond donors (Lipinski definition) is 1. The van der Waals surface area contributed by atoms with Gasteiger partial charge in [0.1, 0.15) is 17.3 Å². The van der Waals surface area contributed by atoms with E-state index < -0.39 is 29.3 Å². The molecule has 0 radical (unpaired) electrons. The largest absolute Gasteiger partial charge is 0.321 e. The van der Waals surface area contributed by atoms with Crippen molar-refractivity contribution in [1.82, 2.24) is 4.90 Å². The number of rotatable bonds is 3. The Morgan fingerprint density at radius 1 is 1.08 bits per heavy atom. The number of carbonyl (C=O) groups is 2. The van der Waals surface area contributed by atoms with Crippen molar-refractivity contribution in [3.8, 4) is 0 Å². The molecule has 1 aliphatic heterocycles. The summed E-state index contributed by atoms with van der Waals surface area (Å²) in [5.74, 6) is -2.49. The van der Waals surface area contributed by atoms with Crippen LogP contribution in [-0.4, -0.2) is 16.7 Å². The molecule has 128 valence electrons. The molecule has 1 aliphatic rings. The second-order valence-electron chi connectivity index (χ2n) is 5.74. The lowest BCUT2D eigenvalue weighted by Crippen LogP contribution is -2.33. The van der Waals surface area contributed by atoms with Crippen LogP contribution in [0, 0.1) is 11.6 Å². The van der Waals surface area contributed by atoms with Crippen LogP contribution in [-0.2, 0) is 9.59 Å². The zero-order valence-electron chi connectivity index (χ0n) is 13.5. The number of nitrogens with zero attached hydrogens (tertiary/aromatic N) is 1. The van der Waals surface area contributed by atoms with Crippen LogP contribution in [0.5, 0.6) is 0 Å². The number of para-hydroxylation sites is 1. The summed E-state index contributed by atoms with van der Waals surface area (Å²) in [5, 5.41) is 2.27. The fraction of sp³-hybridized carbons (Fsp3) is 0.158. The minimum absolute atomic E-state index is 0.116. The van der Waals surface area contributed by atoms with Gasteiger partial charge in [0.2, 0.25) is 11.8 Å². The minimum Gasteiger partial charge on any atom is -0.321 e. The standard InChI is InChI=1S/C19H16F2N2O2/c1-12(24)23-10-9-13-5-2-3-6-14(13)17(23)11-18(25)22-19-15(20)7-4-8-16(19)21/h2-10,17H,11H2,1H3,(H,22,25). The van der Waals surface area contributed by atoms with Gasteiger partial charge in [0.25, 0.3) is 0 Å². The highest BCUT2D eigenvalue weighted by molar-refractivity contribution is 5.92. The highest BCUT2D eigenvalue weighted by atomic mass is 19.1. The van der Waals surface area contributed by atoms with Gasteiger partial charge in [0.05, 0.1) is 12.5 Å². The zero-order valence-corrected chi connectivity index (χ0v) is 13.5. The Kier molecular flexibility index (Phi) is 4.61. The highest BCUT2D eigenvalue weighted by Crippen LogP contribution is 2.33. The van der Waals surface area contributed by atoms with Gasteiger partial charge in [-0.15, -0.1) is 0 Å². The van der Waals surface area contributed by atoms with E-state index in [2.05, 4.69) is 5.32 Å². The van der Waals surface area contributed by atoms with Crippen LogP contribution in [0.2, 0.25) is 0 Å². The zero-order chi connectivity index (χ0) is 18.0. The van der Waals surface area contributed by atoms with E-state index >= 15 is 0 Å². The van der Waals surface area contributed by atoms with Gasteiger partial charge in [-0.2, -0.15) is 0 Å². The number of anilines is 1. The summed E-state index contributed by atoms with van der Waals surface area (Å²) in [7, 11) is 0. The summed E-state index contributed by atoms with van der Waals surface area (Å²) >= 11 is 0. The molecule has 0 saturated heterocycles. The summed E-state index contributed by atoms with van der Waals surface area (Å²) < 4.78 is 27.4. The van der Waals surface area contributed by atoms with E-state index in [0.29, 0.717) is 0 Å². The number of amides is 2. The van der Waals surface area contributed by atoms with Crippen molar-refractivity contribution < 1.29 is 18.4 Å². The van der Waals surface area contributed by atoms with E-state index in [-0.39, 0.29) is 12.3 Å². The molecule has 1 heterocycles. The molecule has 1 N–H and O–H groups in total. The maximum atomic E-state index is 13.7. The second-order valence-corrected chi connectivity index (χ2v) is 5.74. The van der Waals surface area contributed by atoms with Crippen molar-refractivity contribution >= 4 is 23.6 Å². The third-order valence-electron chi connectivity index (χ3n) is 4.08. The summed E-state index contributed by atoms with van der Waals surface area (Å²) in [5.41, 5.74) is 1.22. The smallest absolute Gasteiger partial charge is 0.226 e. The van der Waals surface area contributed by atoms with Crippen molar-refractivity contribution in [2.45, 2.75) is 19.4 Å². The molecule has 0 aliphatic carbocycles. The summed E-state index contributed by atoms with van der Waals surface area (Å²) in [6.45, 7) is 1.40. The van der Waals surface area contributed by atoms with E-state index in [4.69, 9.17) is 0 Å². The predicted molar refractivity (Wildman–Crippen MR) is 90.3 cm³/mol. The SMILES string of the molecule is CC(=O)N1C=Cc2ccccc2C1CC(=O)Nc1c(F)cccc1F. The highest BCUT2D eigenvalue weighted by Gasteiger charge is 2.28. The molecule has 0 spiro atoms. The van der Waals surface area contributed by atoms with Crippen LogP contribution in [0.3, 0.4) is 0 Å². The molecule has 4 nitrogen and oxygen atoms in total. The molecule has 6 heteroatoms. The van der Waals surface area contributed by atoms with Gasteiger partial charge in [0, 0.05) is 13.1 Å². The first-order valence-electron chi connectivity index (χ1n) is 7.77. The molecular weight excluding hydrogens is 326 g/mol. The van der Waals surface area contributed by atoms with Crippen molar-refractivity contribution in [2.24, 2.45) is 0 Å². The molecule has 0 aromatic heterocycles. The van der Waals surface area contributed by atoms with E-state index in [1.807, 2.05) is 24.3 Å². The average molecular weight is 342 g/mol. The minimum atomic E-state index is -0.847. The Hall–Kier alpha value is -3.02. The molecular formula is C19H16F2N2O2. The van der Waals surface area contributed by atoms with E-state index in [1.165, 1.54) is 17.9 Å². The van der Waals surface area contributed by atoms with Gasteiger partial charge in [-0.3, -0.25) is 9.59 Å². The summed E-state index contributed by atoms with van der Waals surface area (Å²) in [4.78, 5) is 25.7. The van der Waals surface area contributed by atoms with Crippen molar-refractivity contribution in [2.75, 3.05) is 5.32 Å². The number of carbonyl (C=O) groups excluding carboxylic acids is 2. The summed E-state index contributed by atoms with van der Waals surface area (Å²) in [6, 6.07) is 10.2. The number of benzene rings is 2. The van der Waals surface area contributed by atoms with Gasteiger partial charge >= 0.3 is 0 Å². The Morgan fingerprint density at radius 3 is 2.44 bits per heavy atom. The van der Waals surface area contributed by atoms with Crippen molar-refractivity contribution in [3.63, 3.8) is 0 Å². The van der Waals surface area contributed by atoms with Crippen LogP contribution in [0.4, 0.5) is 14.5 Å². The van der Waals surface area contributed by atoms with Crippen LogP contribution >= 0.6 is 0 Å². The van der Waals surface area contributed by atoms with E-state index in [0.717, 1.165) is 23.3 Å². The molecule has 0 saturated carbocycles. The second kappa shape index (κ2) is 6.84. The molecule has 2 aromatic carbocycles. The number of hydrogen-bond acceptors (Lipinski definition) is 2. The fourth-order valence-corrected chi connectivity index (χ4v) is 2.90. The molecule has 0 bridgehead atoms. The molecule has 0 fully saturated rings. The van der Waals surface area contributed by atoms with Gasteiger partial charge in [-0.05, 0) is 29.3 Å². The lowest BCUT2D eigenvalue weighted by Gasteiger charge is -2.32. The first-order chi connectivity index (χ1) is 12.0. The monoisotopic (exact) mass is 342 g/mol. The summed E-state index contributed by atoms with van der Waals surface area (Å²) in [6.07, 6.45) is 3.29. The Balaban J connectivity index is 1.85. The van der Waals surface area contributed by atoms with E-state index in [1.54, 1.807) is 12.3 Å². The maximum absolute atomic E-state index is 13.7. The van der Waals surface area contributed by atoms with Crippen molar-refractivity contribution in [3.05, 3.63) is 71.4 Å². The third-order valence-corrected chi connectivity index (χ3v) is 4.08. The lowest BCUT2D eigenvalue weighted by molar-refractivity contribution is -0.129. The predicted octanol–water partition coefficient (Wildman–Crippen LogP) is 3.87. The first-order valence-corrected chi connectivity index (χ1v) is 7.77. The molecule has 2 amide bonds. The van der Waals surface area contributed by atoms with Gasteiger partial charge in [-0.1, -0.05) is 30.3 Å². The van der Waals surface area contributed by atoms with E-state index in [9.17, 15) is 18.4 Å². The quantitative estimate of drug-likeness (QED) is 0.921. The van der Waals surface area contributed by atoms with Gasteiger partial charge in [-0.25, -0.2) is 8.78 Å². The van der Waals surface area contributed by atoms with Crippen LogP contribution in [0.15, 0.2) is 48.7 Å². The first kappa shape index (κ1) is 16.8. The molecule has 1 unspecified atom stereocenters. The molecule has 2 aromatic rings. The fourth-order valence-electron chi connectivity index (χ4n) is 2.90. The molecule has 1 atom stereocenters. The Morgan fingerprint density at radius 2 is 1.76 bits per heavy atom. The van der Waals surface area contributed by atoms with Crippen LogP contribution in [0.25, 0.3) is 6.08 Å². The van der Waals surface area contributed by atoms with Gasteiger partial charge < -0.3 is 10.2 Å².